The van der Waals surface area contributed by atoms with Gasteiger partial charge in [0.05, 0.1) is 11.6 Å². The monoisotopic (exact) mass is 355 g/mol. The van der Waals surface area contributed by atoms with Crippen LogP contribution >= 0.6 is 0 Å². The predicted molar refractivity (Wildman–Crippen MR) is 89.7 cm³/mol. The molecule has 3 aromatic rings. The number of halogens is 3. The van der Waals surface area contributed by atoms with Gasteiger partial charge in [0.2, 0.25) is 5.91 Å². The second-order valence-electron chi connectivity index (χ2n) is 5.82. The molecule has 0 saturated heterocycles. The van der Waals surface area contributed by atoms with Crippen LogP contribution in [0.1, 0.15) is 17.0 Å². The minimum absolute atomic E-state index is 0.421. The lowest BCUT2D eigenvalue weighted by molar-refractivity contribution is -0.116. The molecule has 3 aromatic carbocycles. The lowest BCUT2D eigenvalue weighted by Crippen LogP contribution is -2.25. The molecule has 0 aliphatic carbocycles. The molecule has 0 atom stereocenters. The summed E-state index contributed by atoms with van der Waals surface area (Å²) in [4.78, 5) is 12.9. The van der Waals surface area contributed by atoms with Gasteiger partial charge in [0.25, 0.3) is 0 Å². The molecule has 1 aliphatic heterocycles. The molecule has 0 aromatic heterocycles. The molecule has 0 radical (unpaired) electrons. The third-order valence-corrected chi connectivity index (χ3v) is 4.24. The van der Waals surface area contributed by atoms with Crippen LogP contribution in [0.5, 0.6) is 11.5 Å². The van der Waals surface area contributed by atoms with E-state index >= 15 is 0 Å². The van der Waals surface area contributed by atoms with E-state index in [-0.39, 0.29) is 0 Å². The maximum absolute atomic E-state index is 13.9. The first kappa shape index (κ1) is 16.2. The average molecular weight is 355 g/mol. The lowest BCUT2D eigenvalue weighted by atomic mass is 9.87. The smallest absolute Gasteiger partial charge is 0.236 e. The Balaban J connectivity index is 1.76. The van der Waals surface area contributed by atoms with Crippen molar-refractivity contribution < 1.29 is 22.7 Å². The van der Waals surface area contributed by atoms with Gasteiger partial charge in [-0.05, 0) is 24.3 Å². The van der Waals surface area contributed by atoms with Gasteiger partial charge in [-0.15, -0.1) is 0 Å². The van der Waals surface area contributed by atoms with E-state index in [9.17, 15) is 18.0 Å². The number of carbonyl (C=O) groups is 1. The maximum atomic E-state index is 13.9. The highest BCUT2D eigenvalue weighted by atomic mass is 19.2. The summed E-state index contributed by atoms with van der Waals surface area (Å²) < 4.78 is 46.3. The van der Waals surface area contributed by atoms with Gasteiger partial charge in [-0.25, -0.2) is 13.2 Å². The van der Waals surface area contributed by atoms with Gasteiger partial charge < -0.3 is 10.1 Å². The standard InChI is InChI=1S/C20H12F3NO2/c21-13-9-10-14(19(23)18(13)22)24-20(25)17-11-5-1-3-7-15(11)26-16-8-4-2-6-12(16)17/h1-10,17H,(H,24,25). The first-order valence-electron chi connectivity index (χ1n) is 7.86. The fourth-order valence-electron chi connectivity index (χ4n) is 3.02. The van der Waals surface area contributed by atoms with Crippen LogP contribution in [-0.2, 0) is 4.79 Å². The zero-order chi connectivity index (χ0) is 18.3. The number of nitrogens with one attached hydrogen (secondary N) is 1. The molecule has 3 nitrogen and oxygen atoms in total. The summed E-state index contributed by atoms with van der Waals surface area (Å²) in [6.45, 7) is 0. The molecule has 0 fully saturated rings. The van der Waals surface area contributed by atoms with Crippen LogP contribution in [0.3, 0.4) is 0 Å². The Hall–Kier alpha value is -3.28. The molecule has 6 heteroatoms. The Labute approximate surface area is 147 Å². The van der Waals surface area contributed by atoms with Crippen molar-refractivity contribution in [3.63, 3.8) is 0 Å². The second kappa shape index (κ2) is 6.22. The number of para-hydroxylation sites is 2. The zero-order valence-corrected chi connectivity index (χ0v) is 13.3. The summed E-state index contributed by atoms with van der Waals surface area (Å²) >= 11 is 0. The van der Waals surface area contributed by atoms with Gasteiger partial charge >= 0.3 is 0 Å². The van der Waals surface area contributed by atoms with E-state index < -0.39 is 35.0 Å². The minimum Gasteiger partial charge on any atom is -0.457 e. The normalized spacial score (nSPS) is 12.7. The molecule has 0 unspecified atom stereocenters. The van der Waals surface area contributed by atoms with Crippen molar-refractivity contribution in [1.82, 2.24) is 0 Å². The number of ether oxygens (including phenoxy) is 1. The van der Waals surface area contributed by atoms with Gasteiger partial charge in [0.1, 0.15) is 11.5 Å². The van der Waals surface area contributed by atoms with E-state index in [1.807, 2.05) is 0 Å². The van der Waals surface area contributed by atoms with Gasteiger partial charge in [0, 0.05) is 11.1 Å². The average Bonchev–Trinajstić information content (AvgIpc) is 2.66. The molecule has 0 bridgehead atoms. The van der Waals surface area contributed by atoms with Crippen LogP contribution in [0.15, 0.2) is 60.7 Å². The van der Waals surface area contributed by atoms with Crippen LogP contribution in [0.25, 0.3) is 0 Å². The van der Waals surface area contributed by atoms with E-state index in [0.717, 1.165) is 12.1 Å². The van der Waals surface area contributed by atoms with Crippen LogP contribution < -0.4 is 10.1 Å². The van der Waals surface area contributed by atoms with Gasteiger partial charge in [-0.1, -0.05) is 36.4 Å². The highest BCUT2D eigenvalue weighted by molar-refractivity contribution is 5.99. The van der Waals surface area contributed by atoms with Crippen molar-refractivity contribution in [2.45, 2.75) is 5.92 Å². The molecular formula is C20H12F3NO2. The SMILES string of the molecule is O=C(Nc1ccc(F)c(F)c1F)C1c2ccccc2Oc2ccccc21. The summed E-state index contributed by atoms with van der Waals surface area (Å²) in [5.74, 6) is -4.71. The van der Waals surface area contributed by atoms with E-state index in [0.29, 0.717) is 22.6 Å². The molecule has 26 heavy (non-hydrogen) atoms. The van der Waals surface area contributed by atoms with Crippen molar-refractivity contribution in [2.75, 3.05) is 5.32 Å². The summed E-state index contributed by atoms with van der Waals surface area (Å²) in [6.07, 6.45) is 0. The summed E-state index contributed by atoms with van der Waals surface area (Å²) in [5.41, 5.74) is 0.786. The van der Waals surface area contributed by atoms with Crippen molar-refractivity contribution in [2.24, 2.45) is 0 Å². The van der Waals surface area contributed by atoms with Gasteiger partial charge in [-0.3, -0.25) is 4.79 Å². The number of rotatable bonds is 2. The van der Waals surface area contributed by atoms with Crippen LogP contribution in [0.2, 0.25) is 0 Å². The summed E-state index contributed by atoms with van der Waals surface area (Å²) in [7, 11) is 0. The number of hydrogen-bond acceptors (Lipinski definition) is 2. The Bertz CT molecular complexity index is 974. The summed E-state index contributed by atoms with van der Waals surface area (Å²) in [6, 6.07) is 15.7. The number of fused-ring (bicyclic) bond motifs is 2. The fourth-order valence-corrected chi connectivity index (χ4v) is 3.02. The van der Waals surface area contributed by atoms with Gasteiger partial charge in [0.15, 0.2) is 17.5 Å². The Morgan fingerprint density at radius 2 is 1.38 bits per heavy atom. The highest BCUT2D eigenvalue weighted by Gasteiger charge is 2.33. The number of amides is 1. The Kier molecular flexibility index (Phi) is 3.88. The Morgan fingerprint density at radius 3 is 2.00 bits per heavy atom. The minimum atomic E-state index is -1.63. The van der Waals surface area contributed by atoms with Crippen LogP contribution in [-0.4, -0.2) is 5.91 Å². The molecular weight excluding hydrogens is 343 g/mol. The highest BCUT2D eigenvalue weighted by Crippen LogP contribution is 2.44. The molecule has 1 N–H and O–H groups in total. The first-order chi connectivity index (χ1) is 12.6. The van der Waals surface area contributed by atoms with Gasteiger partial charge in [-0.2, -0.15) is 0 Å². The van der Waals surface area contributed by atoms with Crippen molar-refractivity contribution in [3.8, 4) is 11.5 Å². The maximum Gasteiger partial charge on any atom is 0.236 e. The van der Waals surface area contributed by atoms with Crippen molar-refractivity contribution in [3.05, 3.63) is 89.2 Å². The number of anilines is 1. The molecule has 1 heterocycles. The summed E-state index contributed by atoms with van der Waals surface area (Å²) in [5, 5.41) is 2.35. The number of benzene rings is 3. The first-order valence-corrected chi connectivity index (χ1v) is 7.86. The second-order valence-corrected chi connectivity index (χ2v) is 5.82. The molecule has 0 spiro atoms. The number of hydrogen-bond donors (Lipinski definition) is 1. The quantitative estimate of drug-likeness (QED) is 0.659. The van der Waals surface area contributed by atoms with Crippen LogP contribution in [0, 0.1) is 17.5 Å². The fraction of sp³-hybridized carbons (Fsp3) is 0.0500. The molecule has 4 rings (SSSR count). The van der Waals surface area contributed by atoms with E-state index in [2.05, 4.69) is 5.32 Å². The molecule has 1 amide bonds. The predicted octanol–water partition coefficient (Wildman–Crippen LogP) is 4.98. The lowest BCUT2D eigenvalue weighted by Gasteiger charge is -2.27. The van der Waals surface area contributed by atoms with Crippen molar-refractivity contribution in [1.29, 1.82) is 0 Å². The van der Waals surface area contributed by atoms with Crippen molar-refractivity contribution >= 4 is 11.6 Å². The van der Waals surface area contributed by atoms with E-state index in [1.54, 1.807) is 48.5 Å². The topological polar surface area (TPSA) is 38.3 Å². The number of carbonyl (C=O) groups excluding carboxylic acids is 1. The molecule has 0 saturated carbocycles. The largest absolute Gasteiger partial charge is 0.457 e. The Morgan fingerprint density at radius 1 is 0.808 bits per heavy atom. The molecule has 1 aliphatic rings. The third kappa shape index (κ3) is 2.60. The van der Waals surface area contributed by atoms with E-state index in [4.69, 9.17) is 4.74 Å². The van der Waals surface area contributed by atoms with E-state index in [1.165, 1.54) is 0 Å². The molecule has 130 valence electrons. The zero-order valence-electron chi connectivity index (χ0n) is 13.3. The third-order valence-electron chi connectivity index (χ3n) is 4.24. The van der Waals surface area contributed by atoms with Crippen LogP contribution in [0.4, 0.5) is 18.9 Å².